The maximum absolute atomic E-state index is 11.6. The fourth-order valence-corrected chi connectivity index (χ4v) is 1.48. The van der Waals surface area contributed by atoms with Gasteiger partial charge in [0.05, 0.1) is 11.6 Å². The van der Waals surface area contributed by atoms with Crippen LogP contribution in [0.5, 0.6) is 0 Å². The lowest BCUT2D eigenvalue weighted by atomic mass is 10.0. The summed E-state index contributed by atoms with van der Waals surface area (Å²) in [5.41, 5.74) is 4.69. The maximum Gasteiger partial charge on any atom is 0.246 e. The lowest BCUT2D eigenvalue weighted by Gasteiger charge is -2.30. The number of carbonyl (C=O) groups excluding carboxylic acids is 2. The molecule has 0 aromatic heterocycles. The summed E-state index contributed by atoms with van der Waals surface area (Å²) >= 11 is 0. The second-order valence-corrected chi connectivity index (χ2v) is 4.59. The molecule has 1 rings (SSSR count). The largest absolute Gasteiger partial charge is 0.390 e. The Bertz CT molecular complexity index is 270. The van der Waals surface area contributed by atoms with E-state index in [1.807, 2.05) is 0 Å². The molecule has 3 N–H and O–H groups in total. The third-order valence-corrected chi connectivity index (χ3v) is 2.50. The Labute approximate surface area is 89.2 Å². The van der Waals surface area contributed by atoms with Crippen LogP contribution in [0.15, 0.2) is 0 Å². The van der Waals surface area contributed by atoms with E-state index in [4.69, 9.17) is 5.73 Å². The Balaban J connectivity index is 2.58. The Morgan fingerprint density at radius 3 is 2.67 bits per heavy atom. The van der Waals surface area contributed by atoms with Gasteiger partial charge in [-0.25, -0.2) is 0 Å². The van der Waals surface area contributed by atoms with Crippen LogP contribution >= 0.6 is 0 Å². The average Bonchev–Trinajstić information content (AvgIpc) is 2.10. The van der Waals surface area contributed by atoms with Gasteiger partial charge in [-0.3, -0.25) is 14.5 Å². The number of nitrogens with zero attached hydrogens (tertiary/aromatic N) is 1. The van der Waals surface area contributed by atoms with Gasteiger partial charge in [-0.1, -0.05) is 0 Å². The minimum Gasteiger partial charge on any atom is -0.390 e. The van der Waals surface area contributed by atoms with Crippen LogP contribution in [0.2, 0.25) is 0 Å². The molecule has 1 saturated heterocycles. The van der Waals surface area contributed by atoms with Crippen molar-refractivity contribution in [3.8, 4) is 0 Å². The predicted molar refractivity (Wildman–Crippen MR) is 54.8 cm³/mol. The molecular formula is C10H18N2O3. The molecule has 1 atom stereocenters. The van der Waals surface area contributed by atoms with E-state index in [0.717, 1.165) is 4.90 Å². The molecule has 5 nitrogen and oxygen atoms in total. The molecule has 1 aliphatic rings. The molecule has 0 spiro atoms. The van der Waals surface area contributed by atoms with E-state index in [1.165, 1.54) is 0 Å². The van der Waals surface area contributed by atoms with Crippen LogP contribution in [0.4, 0.5) is 0 Å². The topological polar surface area (TPSA) is 83.6 Å². The molecule has 15 heavy (non-hydrogen) atoms. The van der Waals surface area contributed by atoms with Crippen LogP contribution in [0.25, 0.3) is 0 Å². The highest BCUT2D eigenvalue weighted by Gasteiger charge is 2.32. The summed E-state index contributed by atoms with van der Waals surface area (Å²) in [5.74, 6) is -0.513. The highest BCUT2D eigenvalue weighted by atomic mass is 16.3. The quantitative estimate of drug-likeness (QED) is 0.627. The molecule has 0 radical (unpaired) electrons. The Kier molecular flexibility index (Phi) is 3.46. The van der Waals surface area contributed by atoms with Gasteiger partial charge < -0.3 is 10.8 Å². The number of imide groups is 1. The molecule has 0 saturated carbocycles. The van der Waals surface area contributed by atoms with Gasteiger partial charge in [0.25, 0.3) is 0 Å². The number of piperidine rings is 1. The number of hydrogen-bond acceptors (Lipinski definition) is 4. The van der Waals surface area contributed by atoms with Crippen molar-refractivity contribution in [2.24, 2.45) is 5.73 Å². The van der Waals surface area contributed by atoms with Crippen LogP contribution in [0.1, 0.15) is 33.1 Å². The molecule has 1 heterocycles. The first-order chi connectivity index (χ1) is 6.81. The molecule has 5 heteroatoms. The summed E-state index contributed by atoms with van der Waals surface area (Å²) in [6, 6.07) is -0.565. The molecular weight excluding hydrogens is 196 g/mol. The fourth-order valence-electron chi connectivity index (χ4n) is 1.48. The second-order valence-electron chi connectivity index (χ2n) is 4.59. The number of carbonyl (C=O) groups is 2. The third-order valence-electron chi connectivity index (χ3n) is 2.50. The fraction of sp³-hybridized carbons (Fsp3) is 0.800. The summed E-state index contributed by atoms with van der Waals surface area (Å²) in [6.07, 6.45) is 1.12. The lowest BCUT2D eigenvalue weighted by Crippen LogP contribution is -2.52. The standard InChI is InChI=1S/C10H18N2O3/c1-10(2,15)5-6-12-8(13)4-3-7(11)9(12)14/h7,15H,3-6,11H2,1-2H3. The SMILES string of the molecule is CC(C)(O)CCN1C(=O)CCC(N)C1=O. The van der Waals surface area contributed by atoms with Gasteiger partial charge in [0, 0.05) is 13.0 Å². The van der Waals surface area contributed by atoms with Crippen molar-refractivity contribution in [2.75, 3.05) is 6.54 Å². The van der Waals surface area contributed by atoms with Crippen LogP contribution in [0, 0.1) is 0 Å². The predicted octanol–water partition coefficient (Wildman–Crippen LogP) is -0.376. The molecule has 1 fully saturated rings. The number of hydrogen-bond donors (Lipinski definition) is 2. The van der Waals surface area contributed by atoms with Crippen LogP contribution < -0.4 is 5.73 Å². The van der Waals surface area contributed by atoms with E-state index in [-0.39, 0.29) is 18.4 Å². The first-order valence-corrected chi connectivity index (χ1v) is 5.13. The van der Waals surface area contributed by atoms with Crippen LogP contribution in [0.3, 0.4) is 0 Å². The van der Waals surface area contributed by atoms with Crippen molar-refractivity contribution in [2.45, 2.75) is 44.8 Å². The monoisotopic (exact) mass is 214 g/mol. The van der Waals surface area contributed by atoms with Crippen molar-refractivity contribution in [1.82, 2.24) is 4.90 Å². The van der Waals surface area contributed by atoms with E-state index >= 15 is 0 Å². The zero-order valence-electron chi connectivity index (χ0n) is 9.19. The molecule has 0 aromatic rings. The van der Waals surface area contributed by atoms with Gasteiger partial charge in [0.15, 0.2) is 0 Å². The average molecular weight is 214 g/mol. The van der Waals surface area contributed by atoms with Crippen molar-refractivity contribution < 1.29 is 14.7 Å². The Hall–Kier alpha value is -0.940. The molecule has 1 aliphatic heterocycles. The zero-order valence-corrected chi connectivity index (χ0v) is 9.19. The van der Waals surface area contributed by atoms with E-state index in [2.05, 4.69) is 0 Å². The first-order valence-electron chi connectivity index (χ1n) is 5.13. The van der Waals surface area contributed by atoms with Gasteiger partial charge in [0.1, 0.15) is 0 Å². The molecule has 0 aliphatic carbocycles. The van der Waals surface area contributed by atoms with E-state index in [9.17, 15) is 14.7 Å². The van der Waals surface area contributed by atoms with Crippen molar-refractivity contribution in [3.63, 3.8) is 0 Å². The summed E-state index contributed by atoms with van der Waals surface area (Å²) in [7, 11) is 0. The van der Waals surface area contributed by atoms with Crippen molar-refractivity contribution in [3.05, 3.63) is 0 Å². The minimum absolute atomic E-state index is 0.189. The van der Waals surface area contributed by atoms with Crippen molar-refractivity contribution >= 4 is 11.8 Å². The summed E-state index contributed by atoms with van der Waals surface area (Å²) in [5, 5.41) is 9.51. The molecule has 0 aromatic carbocycles. The van der Waals surface area contributed by atoms with Gasteiger partial charge in [0.2, 0.25) is 11.8 Å². The van der Waals surface area contributed by atoms with Gasteiger partial charge >= 0.3 is 0 Å². The number of nitrogens with two attached hydrogens (primary N) is 1. The van der Waals surface area contributed by atoms with E-state index in [1.54, 1.807) is 13.8 Å². The highest BCUT2D eigenvalue weighted by Crippen LogP contribution is 2.15. The van der Waals surface area contributed by atoms with Crippen LogP contribution in [-0.4, -0.2) is 40.0 Å². The highest BCUT2D eigenvalue weighted by molar-refractivity contribution is 6.00. The van der Waals surface area contributed by atoms with E-state index < -0.39 is 11.6 Å². The van der Waals surface area contributed by atoms with Crippen molar-refractivity contribution in [1.29, 1.82) is 0 Å². The first kappa shape index (κ1) is 12.1. The van der Waals surface area contributed by atoms with Crippen LogP contribution in [-0.2, 0) is 9.59 Å². The molecule has 86 valence electrons. The minimum atomic E-state index is -0.873. The number of amides is 2. The van der Waals surface area contributed by atoms with Gasteiger partial charge in [-0.2, -0.15) is 0 Å². The lowest BCUT2D eigenvalue weighted by molar-refractivity contribution is -0.149. The number of aliphatic hydroxyl groups is 1. The van der Waals surface area contributed by atoms with Gasteiger partial charge in [-0.05, 0) is 26.7 Å². The normalized spacial score (nSPS) is 23.5. The third kappa shape index (κ3) is 3.28. The Morgan fingerprint density at radius 1 is 1.53 bits per heavy atom. The summed E-state index contributed by atoms with van der Waals surface area (Å²) < 4.78 is 0. The summed E-state index contributed by atoms with van der Waals surface area (Å²) in [6.45, 7) is 3.53. The zero-order chi connectivity index (χ0) is 11.6. The molecule has 1 unspecified atom stereocenters. The molecule has 2 amide bonds. The van der Waals surface area contributed by atoms with E-state index in [0.29, 0.717) is 19.3 Å². The van der Waals surface area contributed by atoms with Gasteiger partial charge in [-0.15, -0.1) is 0 Å². The smallest absolute Gasteiger partial charge is 0.246 e. The number of likely N-dealkylation sites (tertiary alicyclic amines) is 1. The Morgan fingerprint density at radius 2 is 2.13 bits per heavy atom. The second kappa shape index (κ2) is 4.28. The maximum atomic E-state index is 11.6. The summed E-state index contributed by atoms with van der Waals surface area (Å²) in [4.78, 5) is 24.1. The number of rotatable bonds is 3. The molecule has 0 bridgehead atoms.